The van der Waals surface area contributed by atoms with Gasteiger partial charge in [0.25, 0.3) is 0 Å². The maximum Gasteiger partial charge on any atom is 0.410 e. The number of carbonyl (C=O) groups is 1. The molecule has 0 atom stereocenters. The van der Waals surface area contributed by atoms with Crippen LogP contribution in [-0.4, -0.2) is 48.0 Å². The highest BCUT2D eigenvalue weighted by molar-refractivity contribution is 5.74. The summed E-state index contributed by atoms with van der Waals surface area (Å²) < 4.78 is 10.9. The number of hydrogen-bond donors (Lipinski definition) is 1. The van der Waals surface area contributed by atoms with Crippen LogP contribution in [0.5, 0.6) is 0 Å². The van der Waals surface area contributed by atoms with E-state index < -0.39 is 11.2 Å². The van der Waals surface area contributed by atoms with Crippen LogP contribution in [0.3, 0.4) is 0 Å². The number of rotatable bonds is 2. The van der Waals surface area contributed by atoms with E-state index in [2.05, 4.69) is 12.1 Å². The first-order chi connectivity index (χ1) is 12.3. The molecule has 1 saturated heterocycles. The third-order valence-electron chi connectivity index (χ3n) is 4.96. The van der Waals surface area contributed by atoms with Crippen molar-refractivity contribution < 1.29 is 19.4 Å². The van der Waals surface area contributed by atoms with Crippen LogP contribution >= 0.6 is 0 Å². The van der Waals surface area contributed by atoms with Crippen molar-refractivity contribution in [1.29, 1.82) is 0 Å². The van der Waals surface area contributed by atoms with E-state index in [1.54, 1.807) is 4.90 Å². The zero-order valence-corrected chi connectivity index (χ0v) is 16.0. The molecule has 1 aromatic rings. The molecule has 1 aromatic carbocycles. The van der Waals surface area contributed by atoms with Gasteiger partial charge in [-0.1, -0.05) is 30.3 Å². The van der Waals surface area contributed by atoms with E-state index in [9.17, 15) is 9.90 Å². The molecule has 2 aliphatic rings. The standard InChI is InChI=1S/C21H29NO4/c1-20(2,3)26-19(23)22-12-8-16(9-13-22)17-6-4-5-7-18(17)21(24)10-14-25-15-11-21/h4-8,24H,9-15H2,1-3H3. The third-order valence-corrected chi connectivity index (χ3v) is 4.96. The van der Waals surface area contributed by atoms with Crippen molar-refractivity contribution in [2.24, 2.45) is 0 Å². The molecule has 1 fully saturated rings. The maximum absolute atomic E-state index is 12.2. The van der Waals surface area contributed by atoms with Gasteiger partial charge in [0, 0.05) is 39.1 Å². The molecule has 1 amide bonds. The smallest absolute Gasteiger partial charge is 0.410 e. The molecule has 0 saturated carbocycles. The Balaban J connectivity index is 1.78. The lowest BCUT2D eigenvalue weighted by Gasteiger charge is -2.35. The summed E-state index contributed by atoms with van der Waals surface area (Å²) in [6, 6.07) is 8.06. The maximum atomic E-state index is 12.2. The van der Waals surface area contributed by atoms with Gasteiger partial charge in [0.15, 0.2) is 0 Å². The Labute approximate surface area is 155 Å². The van der Waals surface area contributed by atoms with E-state index in [-0.39, 0.29) is 6.09 Å². The fraction of sp³-hybridized carbons (Fsp3) is 0.571. The van der Waals surface area contributed by atoms with Crippen LogP contribution < -0.4 is 0 Å². The highest BCUT2D eigenvalue weighted by Gasteiger charge is 2.34. The van der Waals surface area contributed by atoms with Crippen molar-refractivity contribution in [3.8, 4) is 0 Å². The lowest BCUT2D eigenvalue weighted by Crippen LogP contribution is -2.39. The van der Waals surface area contributed by atoms with Crippen molar-refractivity contribution in [3.05, 3.63) is 41.5 Å². The van der Waals surface area contributed by atoms with E-state index in [1.165, 1.54) is 5.57 Å². The Morgan fingerprint density at radius 2 is 1.92 bits per heavy atom. The fourth-order valence-electron chi connectivity index (χ4n) is 3.55. The molecule has 3 rings (SSSR count). The molecule has 0 aromatic heterocycles. The lowest BCUT2D eigenvalue weighted by molar-refractivity contribution is -0.0680. The zero-order chi connectivity index (χ0) is 18.8. The Bertz CT molecular complexity index is 683. The quantitative estimate of drug-likeness (QED) is 0.874. The van der Waals surface area contributed by atoms with E-state index in [0.29, 0.717) is 39.1 Å². The molecule has 26 heavy (non-hydrogen) atoms. The van der Waals surface area contributed by atoms with Gasteiger partial charge in [-0.3, -0.25) is 0 Å². The van der Waals surface area contributed by atoms with Crippen molar-refractivity contribution >= 4 is 11.7 Å². The summed E-state index contributed by atoms with van der Waals surface area (Å²) in [5.41, 5.74) is 1.92. The fourth-order valence-corrected chi connectivity index (χ4v) is 3.55. The van der Waals surface area contributed by atoms with E-state index in [1.807, 2.05) is 39.0 Å². The average molecular weight is 359 g/mol. The first-order valence-electron chi connectivity index (χ1n) is 9.35. The van der Waals surface area contributed by atoms with Gasteiger partial charge in [-0.2, -0.15) is 0 Å². The summed E-state index contributed by atoms with van der Waals surface area (Å²) in [5.74, 6) is 0. The second kappa shape index (κ2) is 7.41. The Morgan fingerprint density at radius 1 is 1.23 bits per heavy atom. The largest absolute Gasteiger partial charge is 0.444 e. The highest BCUT2D eigenvalue weighted by atomic mass is 16.6. The molecule has 1 N–H and O–H groups in total. The number of aliphatic hydroxyl groups is 1. The van der Waals surface area contributed by atoms with Gasteiger partial charge >= 0.3 is 6.09 Å². The average Bonchev–Trinajstić information content (AvgIpc) is 2.61. The molecular formula is C21H29NO4. The van der Waals surface area contributed by atoms with Gasteiger partial charge in [0.1, 0.15) is 5.60 Å². The van der Waals surface area contributed by atoms with Crippen molar-refractivity contribution in [2.75, 3.05) is 26.3 Å². The SMILES string of the molecule is CC(C)(C)OC(=O)N1CC=C(c2ccccc2C2(O)CCOCC2)CC1. The zero-order valence-electron chi connectivity index (χ0n) is 16.0. The molecule has 0 bridgehead atoms. The van der Waals surface area contributed by atoms with Crippen LogP contribution in [-0.2, 0) is 15.1 Å². The first kappa shape index (κ1) is 18.9. The Morgan fingerprint density at radius 3 is 2.54 bits per heavy atom. The topological polar surface area (TPSA) is 59.0 Å². The first-order valence-corrected chi connectivity index (χ1v) is 9.35. The Kier molecular flexibility index (Phi) is 5.39. The summed E-state index contributed by atoms with van der Waals surface area (Å²) in [4.78, 5) is 14.0. The van der Waals surface area contributed by atoms with Crippen molar-refractivity contribution in [2.45, 2.75) is 51.2 Å². The van der Waals surface area contributed by atoms with Gasteiger partial charge in [0.2, 0.25) is 0 Å². The molecule has 0 spiro atoms. The molecule has 142 valence electrons. The summed E-state index contributed by atoms with van der Waals surface area (Å²) in [6.45, 7) is 7.94. The highest BCUT2D eigenvalue weighted by Crippen LogP contribution is 2.37. The summed E-state index contributed by atoms with van der Waals surface area (Å²) in [7, 11) is 0. The van der Waals surface area contributed by atoms with Crippen LogP contribution in [0.25, 0.3) is 5.57 Å². The Hall–Kier alpha value is -1.85. The normalized spacial score (nSPS) is 20.5. The molecular weight excluding hydrogens is 330 g/mol. The van der Waals surface area contributed by atoms with Crippen LogP contribution in [0.4, 0.5) is 4.79 Å². The lowest BCUT2D eigenvalue weighted by atomic mass is 9.81. The molecule has 0 unspecified atom stereocenters. The summed E-state index contributed by atoms with van der Waals surface area (Å²) in [6.07, 6.45) is 3.78. The molecule has 5 nitrogen and oxygen atoms in total. The van der Waals surface area contributed by atoms with Crippen LogP contribution in [0.1, 0.15) is 51.2 Å². The minimum Gasteiger partial charge on any atom is -0.444 e. The van der Waals surface area contributed by atoms with Crippen LogP contribution in [0, 0.1) is 0 Å². The molecule has 0 aliphatic carbocycles. The van der Waals surface area contributed by atoms with Gasteiger partial charge < -0.3 is 19.5 Å². The van der Waals surface area contributed by atoms with Crippen LogP contribution in [0.15, 0.2) is 30.3 Å². The molecule has 2 heterocycles. The van der Waals surface area contributed by atoms with E-state index in [4.69, 9.17) is 9.47 Å². The van der Waals surface area contributed by atoms with E-state index in [0.717, 1.165) is 17.5 Å². The monoisotopic (exact) mass is 359 g/mol. The second-order valence-corrected chi connectivity index (χ2v) is 8.10. The number of amides is 1. The van der Waals surface area contributed by atoms with Crippen LogP contribution in [0.2, 0.25) is 0 Å². The summed E-state index contributed by atoms with van der Waals surface area (Å²) >= 11 is 0. The molecule has 0 radical (unpaired) electrons. The van der Waals surface area contributed by atoms with Crippen molar-refractivity contribution in [3.63, 3.8) is 0 Å². The molecule has 2 aliphatic heterocycles. The minimum absolute atomic E-state index is 0.274. The minimum atomic E-state index is -0.835. The number of nitrogens with zero attached hydrogens (tertiary/aromatic N) is 1. The van der Waals surface area contributed by atoms with E-state index >= 15 is 0 Å². The predicted molar refractivity (Wildman–Crippen MR) is 101 cm³/mol. The van der Waals surface area contributed by atoms with Gasteiger partial charge in [0.05, 0.1) is 5.60 Å². The molecule has 5 heteroatoms. The number of carbonyl (C=O) groups excluding carboxylic acids is 1. The number of ether oxygens (including phenoxy) is 2. The predicted octanol–water partition coefficient (Wildman–Crippen LogP) is 3.71. The van der Waals surface area contributed by atoms with Gasteiger partial charge in [-0.05, 0) is 43.9 Å². The third kappa shape index (κ3) is 4.27. The van der Waals surface area contributed by atoms with Crippen molar-refractivity contribution in [1.82, 2.24) is 4.90 Å². The second-order valence-electron chi connectivity index (χ2n) is 8.10. The number of benzene rings is 1. The van der Waals surface area contributed by atoms with Gasteiger partial charge in [-0.15, -0.1) is 0 Å². The summed E-state index contributed by atoms with van der Waals surface area (Å²) in [5, 5.41) is 11.1. The number of hydrogen-bond acceptors (Lipinski definition) is 4. The van der Waals surface area contributed by atoms with Gasteiger partial charge in [-0.25, -0.2) is 4.79 Å².